The van der Waals surface area contributed by atoms with Crippen LogP contribution in [0.2, 0.25) is 0 Å². The molecule has 1 aliphatic heterocycles. The molecule has 0 saturated carbocycles. The Balaban J connectivity index is 0.00000363. The average molecular weight is 573 g/mol. The summed E-state index contributed by atoms with van der Waals surface area (Å²) >= 11 is 1.69. The third-order valence-corrected chi connectivity index (χ3v) is 6.05. The number of ether oxygens (including phenoxy) is 2. The van der Waals surface area contributed by atoms with E-state index >= 15 is 0 Å². The second kappa shape index (κ2) is 12.7. The minimum absolute atomic E-state index is 0. The summed E-state index contributed by atoms with van der Waals surface area (Å²) in [7, 11) is 0. The Bertz CT molecular complexity index is 873. The fourth-order valence-electron chi connectivity index (χ4n) is 3.25. The molecule has 1 unspecified atom stereocenters. The molecule has 1 atom stereocenters. The van der Waals surface area contributed by atoms with Crippen molar-refractivity contribution in [2.24, 2.45) is 10.9 Å². The highest BCUT2D eigenvalue weighted by molar-refractivity contribution is 14.0. The van der Waals surface area contributed by atoms with Crippen LogP contribution < -0.4 is 15.4 Å². The Labute approximate surface area is 213 Å². The van der Waals surface area contributed by atoms with Crippen molar-refractivity contribution in [3.8, 4) is 5.75 Å². The normalized spacial score (nSPS) is 16.5. The van der Waals surface area contributed by atoms with Crippen molar-refractivity contribution in [1.82, 2.24) is 15.6 Å². The molecule has 1 fully saturated rings. The molecule has 8 heteroatoms. The van der Waals surface area contributed by atoms with Crippen molar-refractivity contribution in [2.75, 3.05) is 26.4 Å². The van der Waals surface area contributed by atoms with E-state index in [1.165, 1.54) is 5.56 Å². The minimum atomic E-state index is 0. The summed E-state index contributed by atoms with van der Waals surface area (Å²) in [4.78, 5) is 9.55. The standard InChI is InChI=1S/C24H36N4O2S.HI/c1-6-25-23(27-13-22-28-21(16-31-22)24(3,4)5)26-12-19-8-7-17(2)11-20(19)30-15-18-9-10-29-14-18;/h7-8,11,16,18H,6,9-10,12-15H2,1-5H3,(H2,25,26,27);1H. The maximum atomic E-state index is 6.16. The van der Waals surface area contributed by atoms with Crippen LogP contribution in [0.5, 0.6) is 5.75 Å². The van der Waals surface area contributed by atoms with Crippen molar-refractivity contribution < 1.29 is 9.47 Å². The summed E-state index contributed by atoms with van der Waals surface area (Å²) in [5, 5.41) is 9.94. The van der Waals surface area contributed by atoms with Crippen LogP contribution in [-0.2, 0) is 23.2 Å². The lowest BCUT2D eigenvalue weighted by molar-refractivity contribution is 0.166. The Kier molecular flexibility index (Phi) is 10.7. The van der Waals surface area contributed by atoms with Crippen LogP contribution in [0.1, 0.15) is 55.9 Å². The van der Waals surface area contributed by atoms with Gasteiger partial charge in [0.15, 0.2) is 5.96 Å². The Morgan fingerprint density at radius 3 is 2.78 bits per heavy atom. The van der Waals surface area contributed by atoms with Crippen LogP contribution in [0.4, 0.5) is 0 Å². The van der Waals surface area contributed by atoms with Crippen LogP contribution in [0.3, 0.4) is 0 Å². The minimum Gasteiger partial charge on any atom is -0.493 e. The Morgan fingerprint density at radius 2 is 2.12 bits per heavy atom. The summed E-state index contributed by atoms with van der Waals surface area (Å²) in [5.74, 6) is 2.18. The van der Waals surface area contributed by atoms with Gasteiger partial charge in [0.2, 0.25) is 0 Å². The molecule has 1 saturated heterocycles. The molecule has 0 bridgehead atoms. The number of aliphatic imine (C=N–C) groups is 1. The van der Waals surface area contributed by atoms with Crippen molar-refractivity contribution in [1.29, 1.82) is 0 Å². The number of aryl methyl sites for hydroxylation is 1. The number of nitrogens with zero attached hydrogens (tertiary/aromatic N) is 2. The van der Waals surface area contributed by atoms with Gasteiger partial charge < -0.3 is 20.1 Å². The van der Waals surface area contributed by atoms with Crippen molar-refractivity contribution >= 4 is 41.3 Å². The number of aromatic nitrogens is 1. The molecular formula is C24H37IN4O2S. The van der Waals surface area contributed by atoms with E-state index in [9.17, 15) is 0 Å². The quantitative estimate of drug-likeness (QED) is 0.264. The molecule has 0 radical (unpaired) electrons. The first-order valence-electron chi connectivity index (χ1n) is 11.1. The van der Waals surface area contributed by atoms with Crippen LogP contribution in [-0.4, -0.2) is 37.3 Å². The van der Waals surface area contributed by atoms with Gasteiger partial charge in [-0.15, -0.1) is 35.3 Å². The third kappa shape index (κ3) is 8.19. The number of guanidine groups is 1. The molecule has 32 heavy (non-hydrogen) atoms. The van der Waals surface area contributed by atoms with Gasteiger partial charge in [-0.1, -0.05) is 32.9 Å². The van der Waals surface area contributed by atoms with Gasteiger partial charge in [0, 0.05) is 35.4 Å². The van der Waals surface area contributed by atoms with E-state index in [-0.39, 0.29) is 29.4 Å². The third-order valence-electron chi connectivity index (χ3n) is 5.20. The topological polar surface area (TPSA) is 67.8 Å². The first kappa shape index (κ1) is 26.9. The summed E-state index contributed by atoms with van der Waals surface area (Å²) in [6.07, 6.45) is 1.07. The summed E-state index contributed by atoms with van der Waals surface area (Å²) in [6.45, 7) is 15.1. The monoisotopic (exact) mass is 572 g/mol. The smallest absolute Gasteiger partial charge is 0.191 e. The van der Waals surface area contributed by atoms with E-state index in [4.69, 9.17) is 19.5 Å². The number of halogens is 1. The summed E-state index contributed by atoms with van der Waals surface area (Å²) < 4.78 is 11.6. The fourth-order valence-corrected chi connectivity index (χ4v) is 4.21. The highest BCUT2D eigenvalue weighted by Crippen LogP contribution is 2.25. The first-order valence-corrected chi connectivity index (χ1v) is 12.0. The van der Waals surface area contributed by atoms with Gasteiger partial charge in [-0.05, 0) is 31.9 Å². The number of thiazole rings is 1. The number of rotatable bonds is 8. The van der Waals surface area contributed by atoms with Gasteiger partial charge in [0.1, 0.15) is 10.8 Å². The molecule has 1 aliphatic rings. The number of hydrogen-bond acceptors (Lipinski definition) is 5. The lowest BCUT2D eigenvalue weighted by Crippen LogP contribution is -2.36. The predicted octanol–water partition coefficient (Wildman–Crippen LogP) is 5.04. The zero-order valence-corrected chi connectivity index (χ0v) is 23.0. The molecule has 0 aliphatic carbocycles. The molecule has 3 rings (SSSR count). The maximum Gasteiger partial charge on any atom is 0.191 e. The lowest BCUT2D eigenvalue weighted by Gasteiger charge is -2.15. The molecule has 1 aromatic carbocycles. The molecule has 6 nitrogen and oxygen atoms in total. The van der Waals surface area contributed by atoms with Gasteiger partial charge in [-0.25, -0.2) is 9.98 Å². The molecule has 0 amide bonds. The second-order valence-electron chi connectivity index (χ2n) is 9.08. The van der Waals surface area contributed by atoms with Crippen LogP contribution in [0.25, 0.3) is 0 Å². The zero-order chi connectivity index (χ0) is 22.3. The molecule has 1 aromatic heterocycles. The molecule has 2 aromatic rings. The number of benzene rings is 1. The summed E-state index contributed by atoms with van der Waals surface area (Å²) in [5.41, 5.74) is 3.48. The number of nitrogens with one attached hydrogen (secondary N) is 2. The van der Waals surface area contributed by atoms with Crippen LogP contribution in [0, 0.1) is 12.8 Å². The van der Waals surface area contributed by atoms with Crippen LogP contribution in [0.15, 0.2) is 28.6 Å². The molecule has 0 spiro atoms. The van der Waals surface area contributed by atoms with Crippen LogP contribution >= 0.6 is 35.3 Å². The van der Waals surface area contributed by atoms with E-state index in [2.05, 4.69) is 68.8 Å². The fraction of sp³-hybridized carbons (Fsp3) is 0.583. The highest BCUT2D eigenvalue weighted by atomic mass is 127. The van der Waals surface area contributed by atoms with E-state index in [1.54, 1.807) is 11.3 Å². The maximum absolute atomic E-state index is 6.16. The SMILES string of the molecule is CCNC(=NCc1ccc(C)cc1OCC1CCOC1)NCc1nc(C(C)(C)C)cs1.I. The van der Waals surface area contributed by atoms with E-state index < -0.39 is 0 Å². The average Bonchev–Trinajstić information content (AvgIpc) is 3.41. The molecular weight excluding hydrogens is 535 g/mol. The first-order chi connectivity index (χ1) is 14.8. The molecule has 2 heterocycles. The van der Waals surface area contributed by atoms with Gasteiger partial charge >= 0.3 is 0 Å². The van der Waals surface area contributed by atoms with Gasteiger partial charge in [0.25, 0.3) is 0 Å². The zero-order valence-electron chi connectivity index (χ0n) is 19.9. The summed E-state index contributed by atoms with van der Waals surface area (Å²) in [6, 6.07) is 6.32. The lowest BCUT2D eigenvalue weighted by atomic mass is 9.93. The molecule has 178 valence electrons. The van der Waals surface area contributed by atoms with E-state index in [1.807, 2.05) is 0 Å². The highest BCUT2D eigenvalue weighted by Gasteiger charge is 2.18. The van der Waals surface area contributed by atoms with Crippen molar-refractivity contribution in [2.45, 2.75) is 59.5 Å². The van der Waals surface area contributed by atoms with E-state index in [0.29, 0.717) is 25.6 Å². The van der Waals surface area contributed by atoms with E-state index in [0.717, 1.165) is 54.2 Å². The second-order valence-corrected chi connectivity index (χ2v) is 10.0. The number of hydrogen-bond donors (Lipinski definition) is 2. The van der Waals surface area contributed by atoms with Gasteiger partial charge in [0.05, 0.1) is 32.0 Å². The Hall–Kier alpha value is -1.39. The predicted molar refractivity (Wildman–Crippen MR) is 143 cm³/mol. The van der Waals surface area contributed by atoms with Gasteiger partial charge in [-0.2, -0.15) is 0 Å². The van der Waals surface area contributed by atoms with Crippen molar-refractivity contribution in [3.63, 3.8) is 0 Å². The van der Waals surface area contributed by atoms with Gasteiger partial charge in [-0.3, -0.25) is 0 Å². The van der Waals surface area contributed by atoms with Crippen molar-refractivity contribution in [3.05, 3.63) is 45.4 Å². The molecule has 2 N–H and O–H groups in total. The largest absolute Gasteiger partial charge is 0.493 e. The Morgan fingerprint density at radius 1 is 1.31 bits per heavy atom.